The highest BCUT2D eigenvalue weighted by atomic mass is 35.5. The average Bonchev–Trinajstić information content (AvgIpc) is 2.93. The van der Waals surface area contributed by atoms with E-state index in [1.54, 1.807) is 4.90 Å². The molecule has 0 spiro atoms. The van der Waals surface area contributed by atoms with Crippen molar-refractivity contribution in [2.75, 3.05) is 25.0 Å². The van der Waals surface area contributed by atoms with Crippen molar-refractivity contribution >= 4 is 29.9 Å². The van der Waals surface area contributed by atoms with E-state index in [1.165, 1.54) is 5.56 Å². The van der Waals surface area contributed by atoms with Gasteiger partial charge in [-0.3, -0.25) is 9.59 Å². The second kappa shape index (κ2) is 6.35. The SMILES string of the molecule is CCC1C(=O)NCCN1C(=O)c1ccc2c(c1)CCN2.Cl. The summed E-state index contributed by atoms with van der Waals surface area (Å²) in [6, 6.07) is 5.42. The van der Waals surface area contributed by atoms with Crippen LogP contribution in [0.5, 0.6) is 0 Å². The normalized spacial score (nSPS) is 20.1. The lowest BCUT2D eigenvalue weighted by atomic mass is 10.0. The summed E-state index contributed by atoms with van der Waals surface area (Å²) < 4.78 is 0. The van der Waals surface area contributed by atoms with Crippen LogP contribution in [0.4, 0.5) is 5.69 Å². The van der Waals surface area contributed by atoms with E-state index in [4.69, 9.17) is 0 Å². The highest BCUT2D eigenvalue weighted by molar-refractivity contribution is 5.98. The number of amides is 2. The molecule has 0 aliphatic carbocycles. The van der Waals surface area contributed by atoms with Gasteiger partial charge in [-0.1, -0.05) is 6.92 Å². The Morgan fingerprint density at radius 3 is 2.90 bits per heavy atom. The zero-order chi connectivity index (χ0) is 14.1. The smallest absolute Gasteiger partial charge is 0.254 e. The fourth-order valence-corrected chi connectivity index (χ4v) is 2.97. The topological polar surface area (TPSA) is 61.4 Å². The Morgan fingerprint density at radius 2 is 2.14 bits per heavy atom. The number of anilines is 1. The summed E-state index contributed by atoms with van der Waals surface area (Å²) in [5.41, 5.74) is 2.98. The van der Waals surface area contributed by atoms with E-state index in [-0.39, 0.29) is 30.3 Å². The van der Waals surface area contributed by atoms with Crippen molar-refractivity contribution in [3.05, 3.63) is 29.3 Å². The van der Waals surface area contributed by atoms with E-state index < -0.39 is 0 Å². The lowest BCUT2D eigenvalue weighted by molar-refractivity contribution is -0.127. The zero-order valence-electron chi connectivity index (χ0n) is 12.0. The van der Waals surface area contributed by atoms with Crippen LogP contribution in [0.1, 0.15) is 29.3 Å². The number of hydrogen-bond acceptors (Lipinski definition) is 3. The van der Waals surface area contributed by atoms with Gasteiger partial charge in [0.05, 0.1) is 0 Å². The van der Waals surface area contributed by atoms with Crippen LogP contribution < -0.4 is 10.6 Å². The molecule has 1 unspecified atom stereocenters. The number of nitrogens with zero attached hydrogens (tertiary/aromatic N) is 1. The van der Waals surface area contributed by atoms with Crippen LogP contribution >= 0.6 is 12.4 Å². The van der Waals surface area contributed by atoms with E-state index in [1.807, 2.05) is 25.1 Å². The van der Waals surface area contributed by atoms with Crippen LogP contribution in [0.15, 0.2) is 18.2 Å². The Labute approximate surface area is 130 Å². The number of carbonyl (C=O) groups is 2. The molecule has 114 valence electrons. The van der Waals surface area contributed by atoms with E-state index >= 15 is 0 Å². The van der Waals surface area contributed by atoms with Crippen LogP contribution in [-0.4, -0.2) is 42.4 Å². The summed E-state index contributed by atoms with van der Waals surface area (Å²) in [5, 5.41) is 6.10. The molecule has 0 radical (unpaired) electrons. The fraction of sp³-hybridized carbons (Fsp3) is 0.467. The molecular weight excluding hydrogens is 290 g/mol. The van der Waals surface area contributed by atoms with Gasteiger partial charge in [0.2, 0.25) is 5.91 Å². The molecule has 2 heterocycles. The lowest BCUT2D eigenvalue weighted by Gasteiger charge is -2.34. The molecule has 2 aliphatic rings. The van der Waals surface area contributed by atoms with Crippen molar-refractivity contribution < 1.29 is 9.59 Å². The Morgan fingerprint density at radius 1 is 1.33 bits per heavy atom. The monoisotopic (exact) mass is 309 g/mol. The van der Waals surface area contributed by atoms with Crippen molar-refractivity contribution in [2.45, 2.75) is 25.8 Å². The third kappa shape index (κ3) is 2.83. The molecule has 2 aliphatic heterocycles. The minimum atomic E-state index is -0.345. The first-order valence-corrected chi connectivity index (χ1v) is 7.16. The highest BCUT2D eigenvalue weighted by Crippen LogP contribution is 2.24. The Bertz CT molecular complexity index is 562. The number of rotatable bonds is 2. The molecule has 5 nitrogen and oxygen atoms in total. The average molecular weight is 310 g/mol. The molecular formula is C15H20ClN3O2. The number of fused-ring (bicyclic) bond motifs is 1. The van der Waals surface area contributed by atoms with Gasteiger partial charge < -0.3 is 15.5 Å². The van der Waals surface area contributed by atoms with E-state index in [2.05, 4.69) is 10.6 Å². The minimum Gasteiger partial charge on any atom is -0.384 e. The number of piperazine rings is 1. The number of carbonyl (C=O) groups excluding carboxylic acids is 2. The summed E-state index contributed by atoms with van der Waals surface area (Å²) in [7, 11) is 0. The largest absolute Gasteiger partial charge is 0.384 e. The van der Waals surface area contributed by atoms with Crippen LogP contribution in [0, 0.1) is 0 Å². The third-order valence-electron chi connectivity index (χ3n) is 4.04. The van der Waals surface area contributed by atoms with Gasteiger partial charge in [-0.15, -0.1) is 12.4 Å². The molecule has 0 saturated carbocycles. The van der Waals surface area contributed by atoms with Gasteiger partial charge in [0.1, 0.15) is 6.04 Å². The van der Waals surface area contributed by atoms with Gasteiger partial charge in [-0.2, -0.15) is 0 Å². The Balaban J connectivity index is 0.00000161. The summed E-state index contributed by atoms with van der Waals surface area (Å²) in [6.45, 7) is 3.98. The van der Waals surface area contributed by atoms with Crippen molar-refractivity contribution in [1.82, 2.24) is 10.2 Å². The van der Waals surface area contributed by atoms with Crippen LogP contribution in [-0.2, 0) is 11.2 Å². The van der Waals surface area contributed by atoms with Crippen LogP contribution in [0.2, 0.25) is 0 Å². The predicted molar refractivity (Wildman–Crippen MR) is 84.0 cm³/mol. The van der Waals surface area contributed by atoms with Crippen LogP contribution in [0.25, 0.3) is 0 Å². The maximum absolute atomic E-state index is 12.6. The second-order valence-electron chi connectivity index (χ2n) is 5.26. The van der Waals surface area contributed by atoms with Gasteiger partial charge in [-0.05, 0) is 36.6 Å². The van der Waals surface area contributed by atoms with Gasteiger partial charge in [0.25, 0.3) is 5.91 Å². The predicted octanol–water partition coefficient (Wildman–Crippen LogP) is 1.43. The molecule has 1 fully saturated rings. The van der Waals surface area contributed by atoms with Gasteiger partial charge in [0, 0.05) is 30.9 Å². The van der Waals surface area contributed by atoms with Gasteiger partial charge >= 0.3 is 0 Å². The summed E-state index contributed by atoms with van der Waals surface area (Å²) in [5.74, 6) is -0.0867. The minimum absolute atomic E-state index is 0. The Hall–Kier alpha value is -1.75. The molecule has 1 atom stereocenters. The third-order valence-corrected chi connectivity index (χ3v) is 4.04. The molecule has 2 N–H and O–H groups in total. The molecule has 1 aromatic rings. The summed E-state index contributed by atoms with van der Waals surface area (Å²) >= 11 is 0. The molecule has 0 bridgehead atoms. The fourth-order valence-electron chi connectivity index (χ4n) is 2.97. The first-order valence-electron chi connectivity index (χ1n) is 7.16. The summed E-state index contributed by atoms with van der Waals surface area (Å²) in [6.07, 6.45) is 1.60. The van der Waals surface area contributed by atoms with Crippen LogP contribution in [0.3, 0.4) is 0 Å². The van der Waals surface area contributed by atoms with Crippen molar-refractivity contribution in [3.63, 3.8) is 0 Å². The number of halogens is 1. The standard InChI is InChI=1S/C15H19N3O2.ClH/c1-2-13-14(19)17-7-8-18(13)15(20)11-3-4-12-10(9-11)5-6-16-12;/h3-4,9,13,16H,2,5-8H2,1H3,(H,17,19);1H. The molecule has 0 aromatic heterocycles. The number of benzene rings is 1. The maximum Gasteiger partial charge on any atom is 0.254 e. The Kier molecular flexibility index (Phi) is 4.73. The maximum atomic E-state index is 12.6. The van der Waals surface area contributed by atoms with E-state index in [0.717, 1.165) is 18.7 Å². The molecule has 6 heteroatoms. The molecule has 2 amide bonds. The van der Waals surface area contributed by atoms with E-state index in [0.29, 0.717) is 25.1 Å². The highest BCUT2D eigenvalue weighted by Gasteiger charge is 2.32. The molecule has 3 rings (SSSR count). The quantitative estimate of drug-likeness (QED) is 0.869. The number of nitrogens with one attached hydrogen (secondary N) is 2. The van der Waals surface area contributed by atoms with E-state index in [9.17, 15) is 9.59 Å². The second-order valence-corrected chi connectivity index (χ2v) is 5.26. The zero-order valence-corrected chi connectivity index (χ0v) is 12.8. The number of hydrogen-bond donors (Lipinski definition) is 2. The molecule has 21 heavy (non-hydrogen) atoms. The van der Waals surface area contributed by atoms with Crippen molar-refractivity contribution in [3.8, 4) is 0 Å². The first-order chi connectivity index (χ1) is 9.70. The summed E-state index contributed by atoms with van der Waals surface area (Å²) in [4.78, 5) is 26.2. The van der Waals surface area contributed by atoms with Gasteiger partial charge in [0.15, 0.2) is 0 Å². The van der Waals surface area contributed by atoms with Crippen molar-refractivity contribution in [1.29, 1.82) is 0 Å². The first kappa shape index (κ1) is 15.6. The molecule has 1 aromatic carbocycles. The van der Waals surface area contributed by atoms with Crippen molar-refractivity contribution in [2.24, 2.45) is 0 Å². The van der Waals surface area contributed by atoms with Gasteiger partial charge in [-0.25, -0.2) is 0 Å². The molecule has 1 saturated heterocycles. The lowest BCUT2D eigenvalue weighted by Crippen LogP contribution is -2.56.